The molecule has 1 saturated heterocycles. The van der Waals surface area contributed by atoms with E-state index in [0.29, 0.717) is 6.04 Å². The van der Waals surface area contributed by atoms with Crippen LogP contribution in [0, 0.1) is 0 Å². The van der Waals surface area contributed by atoms with Crippen LogP contribution in [0.15, 0.2) is 70.8 Å². The summed E-state index contributed by atoms with van der Waals surface area (Å²) in [5.41, 5.74) is 3.73. The molecule has 1 atom stereocenters. The van der Waals surface area contributed by atoms with Crippen molar-refractivity contribution in [2.24, 2.45) is 17.0 Å². The maximum Gasteiger partial charge on any atom is 0.253 e. The lowest BCUT2D eigenvalue weighted by Crippen LogP contribution is -2.38. The fraction of sp³-hybridized carbons (Fsp3) is 0.406. The van der Waals surface area contributed by atoms with Crippen molar-refractivity contribution in [2.45, 2.75) is 52.6 Å². The number of carbonyl (C=O) groups excluding carboxylic acids is 1. The van der Waals surface area contributed by atoms with Crippen LogP contribution in [0.3, 0.4) is 0 Å². The molecule has 1 aromatic carbocycles. The number of hydrogen-bond acceptors (Lipinski definition) is 4. The Morgan fingerprint density at radius 3 is 2.46 bits per heavy atom. The highest BCUT2D eigenvalue weighted by atomic mass is 16.2. The summed E-state index contributed by atoms with van der Waals surface area (Å²) in [6.45, 7) is 12.7. The number of allylic oxidation sites excluding steroid dienone is 1. The number of rotatable bonds is 3. The summed E-state index contributed by atoms with van der Waals surface area (Å²) < 4.78 is 2.08. The molecule has 7 nitrogen and oxygen atoms in total. The fourth-order valence-electron chi connectivity index (χ4n) is 4.32. The highest BCUT2D eigenvalue weighted by Gasteiger charge is 2.18. The topological polar surface area (TPSA) is 69.0 Å². The van der Waals surface area contributed by atoms with E-state index in [-0.39, 0.29) is 5.91 Å². The zero-order valence-corrected chi connectivity index (χ0v) is 24.8. The van der Waals surface area contributed by atoms with E-state index >= 15 is 0 Å². The van der Waals surface area contributed by atoms with Gasteiger partial charge in [0.05, 0.1) is 17.6 Å². The summed E-state index contributed by atoms with van der Waals surface area (Å²) in [5, 5.41) is 5.33. The first-order valence-electron chi connectivity index (χ1n) is 13.8. The van der Waals surface area contributed by atoms with Crippen LogP contribution in [0.1, 0.15) is 56.1 Å². The Kier molecular flexibility index (Phi) is 13.2. The summed E-state index contributed by atoms with van der Waals surface area (Å²) in [6.07, 6.45) is 11.6. The first-order valence-corrected chi connectivity index (χ1v) is 13.8. The lowest BCUT2D eigenvalue weighted by Gasteiger charge is -2.33. The molecular weight excluding hydrogens is 484 g/mol. The second kappa shape index (κ2) is 16.3. The van der Waals surface area contributed by atoms with Crippen LogP contribution >= 0.6 is 0 Å². The van der Waals surface area contributed by atoms with E-state index in [2.05, 4.69) is 51.3 Å². The highest BCUT2D eigenvalue weighted by Crippen LogP contribution is 2.18. The molecule has 7 heteroatoms. The average Bonchev–Trinajstić information content (AvgIpc) is 2.96. The molecule has 1 amide bonds. The van der Waals surface area contributed by atoms with Gasteiger partial charge < -0.3 is 10.00 Å². The number of H-pyrrole nitrogens is 1. The van der Waals surface area contributed by atoms with Gasteiger partial charge in [0.25, 0.3) is 5.91 Å². The van der Waals surface area contributed by atoms with E-state index in [9.17, 15) is 4.79 Å². The largest absolute Gasteiger partial charge is 0.345 e. The number of aryl methyl sites for hydroxylation is 1. The number of nitrogens with one attached hydrogen (secondary N) is 1. The number of aliphatic imine (C=N–C) groups is 2. The second-order valence-electron chi connectivity index (χ2n) is 9.60. The molecule has 0 bridgehead atoms. The minimum Gasteiger partial charge on any atom is -0.345 e. The summed E-state index contributed by atoms with van der Waals surface area (Å²) in [4.78, 5) is 24.1. The molecule has 1 aromatic heterocycles. The van der Waals surface area contributed by atoms with Gasteiger partial charge in [0, 0.05) is 63.5 Å². The number of likely N-dealkylation sites (tertiary alicyclic amines) is 1. The van der Waals surface area contributed by atoms with E-state index < -0.39 is 0 Å². The zero-order chi connectivity index (χ0) is 28.8. The van der Waals surface area contributed by atoms with Crippen molar-refractivity contribution < 1.29 is 4.79 Å². The van der Waals surface area contributed by atoms with Crippen molar-refractivity contribution in [3.63, 3.8) is 0 Å². The van der Waals surface area contributed by atoms with E-state index in [1.807, 2.05) is 68.6 Å². The molecule has 0 aliphatic carbocycles. The molecule has 0 saturated carbocycles. The molecule has 0 spiro atoms. The Balaban J connectivity index is 0.000000343. The summed E-state index contributed by atoms with van der Waals surface area (Å²) >= 11 is 0. The molecule has 1 unspecified atom stereocenters. The number of aromatic amines is 1. The minimum absolute atomic E-state index is 0.0469. The van der Waals surface area contributed by atoms with Gasteiger partial charge in [-0.2, -0.15) is 0 Å². The summed E-state index contributed by atoms with van der Waals surface area (Å²) in [7, 11) is 7.32. The third-order valence-electron chi connectivity index (χ3n) is 6.65. The molecule has 2 aliphatic heterocycles. The molecule has 1 fully saturated rings. The van der Waals surface area contributed by atoms with Crippen LogP contribution in [-0.4, -0.2) is 71.1 Å². The zero-order valence-electron chi connectivity index (χ0n) is 24.8. The monoisotopic (exact) mass is 530 g/mol. The molecular formula is C32H46N6O. The summed E-state index contributed by atoms with van der Waals surface area (Å²) in [6, 6.07) is 14.1. The first-order chi connectivity index (χ1) is 18.8. The predicted octanol–water partition coefficient (Wildman–Crippen LogP) is 4.50. The normalized spacial score (nSPS) is 18.8. The molecule has 1 N–H and O–H groups in total. The summed E-state index contributed by atoms with van der Waals surface area (Å²) in [5.74, 6) is 0.0469. The van der Waals surface area contributed by atoms with E-state index in [1.165, 1.54) is 25.0 Å². The van der Waals surface area contributed by atoms with Crippen molar-refractivity contribution in [2.75, 3.05) is 27.7 Å². The third kappa shape index (κ3) is 9.52. The van der Waals surface area contributed by atoms with Gasteiger partial charge in [0.15, 0.2) is 0 Å². The lowest BCUT2D eigenvalue weighted by molar-refractivity contribution is 0.0827. The molecule has 0 radical (unpaired) electrons. The SMILES string of the molecule is C=c1cc(CN2CCCCC2C)n(C)[nH]cc/c1=C1/C=CC(=NC)C=N1.CC.CN(C)C(=O)c1ccccc1. The number of piperidine rings is 1. The number of dihydropyridines is 1. The second-order valence-corrected chi connectivity index (χ2v) is 9.60. The number of nitrogens with zero attached hydrogens (tertiary/aromatic N) is 5. The molecule has 4 rings (SSSR count). The van der Waals surface area contributed by atoms with Crippen molar-refractivity contribution in [1.82, 2.24) is 19.6 Å². The van der Waals surface area contributed by atoms with Gasteiger partial charge in [0.1, 0.15) is 0 Å². The Labute approximate surface area is 234 Å². The van der Waals surface area contributed by atoms with Gasteiger partial charge in [-0.15, -0.1) is 0 Å². The smallest absolute Gasteiger partial charge is 0.253 e. The van der Waals surface area contributed by atoms with Gasteiger partial charge in [-0.25, -0.2) is 0 Å². The predicted molar refractivity (Wildman–Crippen MR) is 166 cm³/mol. The van der Waals surface area contributed by atoms with Crippen LogP contribution in [0.25, 0.3) is 12.3 Å². The molecule has 39 heavy (non-hydrogen) atoms. The van der Waals surface area contributed by atoms with Crippen LogP contribution in [0.2, 0.25) is 0 Å². The first kappa shape index (κ1) is 31.5. The van der Waals surface area contributed by atoms with Crippen molar-refractivity contribution in [3.05, 3.63) is 82.5 Å². The standard InChI is InChI=1S/C21H29N5.C9H11NO.C2H6/c1-16-13-19(15-26-12-6-5-7-17(26)2)25(4)24-11-10-20(16)21-9-8-18(22-3)14-23-21;1-10(2)9(11)8-6-4-3-5-7-8;1-2/h8-11,13-14,17,24H,1,5-7,12,15H2,2-4H3;3-7H,1-2H3;1-2H3/b11-10?,19-13?,21-20+,22-18?;;. The van der Waals surface area contributed by atoms with Gasteiger partial charge in [-0.1, -0.05) is 45.0 Å². The molecule has 2 aliphatic rings. The van der Waals surface area contributed by atoms with Gasteiger partial charge in [-0.3, -0.25) is 24.4 Å². The van der Waals surface area contributed by atoms with Crippen LogP contribution in [0.4, 0.5) is 0 Å². The maximum atomic E-state index is 11.3. The van der Waals surface area contributed by atoms with Gasteiger partial charge in [0.2, 0.25) is 0 Å². The van der Waals surface area contributed by atoms with Crippen LogP contribution in [-0.2, 0) is 13.6 Å². The minimum atomic E-state index is 0.0469. The van der Waals surface area contributed by atoms with Gasteiger partial charge >= 0.3 is 0 Å². The quantitative estimate of drug-likeness (QED) is 0.635. The number of carbonyl (C=O) groups is 1. The molecule has 210 valence electrons. The number of amides is 1. The third-order valence-corrected chi connectivity index (χ3v) is 6.65. The van der Waals surface area contributed by atoms with Crippen molar-refractivity contribution in [3.8, 4) is 0 Å². The van der Waals surface area contributed by atoms with Crippen LogP contribution < -0.4 is 10.4 Å². The Bertz CT molecular complexity index is 1290. The van der Waals surface area contributed by atoms with Crippen molar-refractivity contribution >= 4 is 30.1 Å². The Morgan fingerprint density at radius 2 is 1.87 bits per heavy atom. The van der Waals surface area contributed by atoms with E-state index in [1.54, 1.807) is 32.3 Å². The van der Waals surface area contributed by atoms with E-state index in [0.717, 1.165) is 40.5 Å². The number of hydrogen-bond donors (Lipinski definition) is 1. The van der Waals surface area contributed by atoms with Gasteiger partial charge in [-0.05, 0) is 67.9 Å². The average molecular weight is 531 g/mol. The Hall–Kier alpha value is -3.71. The van der Waals surface area contributed by atoms with Crippen molar-refractivity contribution in [1.29, 1.82) is 0 Å². The maximum absolute atomic E-state index is 11.3. The lowest BCUT2D eigenvalue weighted by atomic mass is 10.0. The Morgan fingerprint density at radius 1 is 1.15 bits per heavy atom. The highest BCUT2D eigenvalue weighted by molar-refractivity contribution is 6.37. The van der Waals surface area contributed by atoms with Crippen LogP contribution in [0.5, 0.6) is 0 Å². The number of benzene rings is 1. The van der Waals surface area contributed by atoms with E-state index in [4.69, 9.17) is 0 Å². The molecule has 3 heterocycles. The fourth-order valence-corrected chi connectivity index (χ4v) is 4.32. The molecule has 2 aromatic rings. The number of aromatic nitrogens is 2.